The Morgan fingerprint density at radius 3 is 0.738 bits per heavy atom. The Kier molecular flexibility index (Phi) is 16.3. The quantitative estimate of drug-likeness (QED) is 0.111. The fourth-order valence-corrected chi connectivity index (χ4v) is 13.6. The van der Waals surface area contributed by atoms with E-state index in [1.807, 2.05) is 0 Å². The van der Waals surface area contributed by atoms with Gasteiger partial charge < -0.3 is 24.8 Å². The molecule has 0 unspecified atom stereocenters. The minimum absolute atomic E-state index is 0. The van der Waals surface area contributed by atoms with Crippen LogP contribution in [-0.4, -0.2) is 0 Å². The fraction of sp³-hybridized carbons (Fsp3) is 0.267. The van der Waals surface area contributed by atoms with Crippen LogP contribution in [-0.2, 0) is 41.1 Å². The summed E-state index contributed by atoms with van der Waals surface area (Å²) in [6, 6.07) is 66.3. The predicted molar refractivity (Wildman–Crippen MR) is 279 cm³/mol. The van der Waals surface area contributed by atoms with Crippen LogP contribution in [0.25, 0.3) is 32.7 Å². The van der Waals surface area contributed by atoms with E-state index < -0.39 is 15.8 Å². The molecule has 5 heteroatoms. The van der Waals surface area contributed by atoms with E-state index in [-0.39, 0.29) is 66.0 Å². The molecule has 0 fully saturated rings. The van der Waals surface area contributed by atoms with Gasteiger partial charge in [0.2, 0.25) is 0 Å². The summed E-state index contributed by atoms with van der Waals surface area (Å²) in [6.07, 6.45) is 0. The van der Waals surface area contributed by atoms with Crippen molar-refractivity contribution in [3.8, 4) is 11.1 Å². The average Bonchev–Trinajstić information content (AvgIpc) is 3.23. The van der Waals surface area contributed by atoms with E-state index in [1.54, 1.807) is 0 Å². The summed E-state index contributed by atoms with van der Waals surface area (Å²) >= 11 is 0. The van der Waals surface area contributed by atoms with E-state index >= 15 is 0 Å². The van der Waals surface area contributed by atoms with Crippen LogP contribution in [0.15, 0.2) is 170 Å². The fourth-order valence-electron chi connectivity index (χ4n) is 8.71. The van der Waals surface area contributed by atoms with Gasteiger partial charge in [0.1, 0.15) is 0 Å². The van der Waals surface area contributed by atoms with E-state index in [2.05, 4.69) is 253 Å². The van der Waals surface area contributed by atoms with Crippen molar-refractivity contribution in [1.82, 2.24) is 0 Å². The second-order valence-electron chi connectivity index (χ2n) is 21.2. The van der Waals surface area contributed by atoms with Crippen LogP contribution in [0.1, 0.15) is 105 Å². The van der Waals surface area contributed by atoms with Crippen molar-refractivity contribution < 1.29 is 44.3 Å². The van der Waals surface area contributed by atoms with Gasteiger partial charge in [-0.05, 0) is 124 Å². The molecule has 0 aromatic heterocycles. The number of rotatable bonds is 7. The van der Waals surface area contributed by atoms with Gasteiger partial charge in [-0.3, -0.25) is 0 Å². The Bertz CT molecular complexity index is 2540. The van der Waals surface area contributed by atoms with Crippen LogP contribution >= 0.6 is 15.8 Å². The van der Waals surface area contributed by atoms with Crippen LogP contribution < -0.4 is 56.6 Å². The average molecular weight is 1020 g/mol. The van der Waals surface area contributed by atoms with E-state index in [0.717, 1.165) is 0 Å². The van der Waals surface area contributed by atoms with Gasteiger partial charge in [-0.2, -0.15) is 0 Å². The van der Waals surface area contributed by atoms with E-state index in [4.69, 9.17) is 0 Å². The topological polar surface area (TPSA) is 0 Å². The second kappa shape index (κ2) is 20.3. The largest absolute Gasteiger partial charge is 2.00 e. The molecule has 8 rings (SSSR count). The molecule has 0 aliphatic rings. The maximum atomic E-state index is 2.47. The molecule has 8 aromatic rings. The molecular weight excluding hydrogens is 955 g/mol. The van der Waals surface area contributed by atoms with Crippen LogP contribution in [0.4, 0.5) is 0 Å². The maximum Gasteiger partial charge on any atom is 2.00 e. The number of hydrogen-bond donors (Lipinski definition) is 0. The standard InChI is InChI=1S/C60H64P2.2ClH.Ru/c1-57(2,3)43-23-31-47(32-24-43)61(48-33-25-44(26-34-48)58(4,5)6)53-39-21-41-17-13-15-19-51(41)55(53)56-52-20-16-14-18-42(52)22-40-54(56)62(49-35-27-45(28-36-49)59(7,8)9)50-37-29-46(30-38-50)60(10,11)12;;;/h13-40H,1-12H3;2*1H;/q;;;+2/p-2. The molecular formula is C60H64Cl2P2Ru. The van der Waals surface area contributed by atoms with Gasteiger partial charge >= 0.3 is 19.5 Å². The van der Waals surface area contributed by atoms with Crippen LogP contribution in [0.2, 0.25) is 0 Å². The molecule has 0 N–H and O–H groups in total. The van der Waals surface area contributed by atoms with Crippen molar-refractivity contribution in [3.63, 3.8) is 0 Å². The van der Waals surface area contributed by atoms with Crippen molar-refractivity contribution in [1.29, 1.82) is 0 Å². The SMILES string of the molecule is CC(C)(C)c1ccc(P(c2ccc(C(C)(C)C)cc2)c2ccc3ccccc3c2-c2c(P(c3ccc(C(C)(C)C)cc3)c3ccc(C(C)(C)C)cc3)ccc3ccccc23)cc1.[Cl-].[Cl-].[Ru+2]. The van der Waals surface area contributed by atoms with Gasteiger partial charge in [-0.25, -0.2) is 0 Å². The molecule has 8 aromatic carbocycles. The Morgan fingerprint density at radius 2 is 0.508 bits per heavy atom. The molecule has 65 heavy (non-hydrogen) atoms. The zero-order valence-corrected chi connectivity index (χ0v) is 45.2. The van der Waals surface area contributed by atoms with Crippen molar-refractivity contribution >= 4 is 69.2 Å². The van der Waals surface area contributed by atoms with Crippen molar-refractivity contribution in [3.05, 3.63) is 192 Å². The number of fused-ring (bicyclic) bond motifs is 2. The van der Waals surface area contributed by atoms with Crippen LogP contribution in [0.3, 0.4) is 0 Å². The van der Waals surface area contributed by atoms with Crippen molar-refractivity contribution in [2.24, 2.45) is 0 Å². The summed E-state index contributed by atoms with van der Waals surface area (Å²) in [7, 11) is -1.97. The third kappa shape index (κ3) is 11.0. The molecule has 0 saturated heterocycles. The van der Waals surface area contributed by atoms with Gasteiger partial charge in [-0.15, -0.1) is 0 Å². The molecule has 0 spiro atoms. The molecule has 0 amide bonds. The number of hydrogen-bond acceptors (Lipinski definition) is 0. The smallest absolute Gasteiger partial charge is 1.00 e. The molecule has 0 aliphatic carbocycles. The molecule has 0 heterocycles. The van der Waals surface area contributed by atoms with Gasteiger partial charge in [0.25, 0.3) is 0 Å². The first-order valence-electron chi connectivity index (χ1n) is 22.4. The molecule has 0 bridgehead atoms. The van der Waals surface area contributed by atoms with Gasteiger partial charge in [0, 0.05) is 0 Å². The normalized spacial score (nSPS) is 12.2. The molecule has 0 nitrogen and oxygen atoms in total. The zero-order chi connectivity index (χ0) is 44.2. The second-order valence-corrected chi connectivity index (χ2v) is 25.6. The number of halogens is 2. The van der Waals surface area contributed by atoms with Crippen molar-refractivity contribution in [2.45, 2.75) is 105 Å². The first-order chi connectivity index (χ1) is 29.3. The van der Waals surface area contributed by atoms with E-state index in [9.17, 15) is 0 Å². The summed E-state index contributed by atoms with van der Waals surface area (Å²) in [6.45, 7) is 27.7. The summed E-state index contributed by atoms with van der Waals surface area (Å²) in [5.74, 6) is 0. The third-order valence-corrected chi connectivity index (χ3v) is 17.5. The van der Waals surface area contributed by atoms with Crippen LogP contribution in [0.5, 0.6) is 0 Å². The maximum absolute atomic E-state index is 2.47. The zero-order valence-electron chi connectivity index (χ0n) is 40.2. The predicted octanol–water partition coefficient (Wildman–Crippen LogP) is 8.37. The minimum atomic E-state index is -0.983. The first kappa shape index (κ1) is 52.3. The Hall–Kier alpha value is -3.66. The summed E-state index contributed by atoms with van der Waals surface area (Å²) in [5.41, 5.74) is 8.39. The van der Waals surface area contributed by atoms with Gasteiger partial charge in [0.05, 0.1) is 0 Å². The molecule has 0 aliphatic heterocycles. The molecule has 0 atom stereocenters. The minimum Gasteiger partial charge on any atom is -1.00 e. The monoisotopic (exact) mass is 1020 g/mol. The third-order valence-electron chi connectivity index (χ3n) is 12.5. The van der Waals surface area contributed by atoms with E-state index in [0.29, 0.717) is 0 Å². The van der Waals surface area contributed by atoms with Crippen LogP contribution in [0, 0.1) is 0 Å². The summed E-state index contributed by atoms with van der Waals surface area (Å²) < 4.78 is 0. The Morgan fingerprint density at radius 1 is 0.277 bits per heavy atom. The molecule has 0 saturated carbocycles. The first-order valence-corrected chi connectivity index (χ1v) is 25.0. The van der Waals surface area contributed by atoms with Gasteiger partial charge in [0.15, 0.2) is 0 Å². The summed E-state index contributed by atoms with van der Waals surface area (Å²) in [5, 5.41) is 13.4. The van der Waals surface area contributed by atoms with E-state index in [1.165, 1.54) is 86.8 Å². The van der Waals surface area contributed by atoms with Crippen molar-refractivity contribution in [2.75, 3.05) is 0 Å². The Balaban J connectivity index is 0.00000264. The Labute approximate surface area is 418 Å². The molecule has 0 radical (unpaired) electrons. The number of benzene rings is 8. The summed E-state index contributed by atoms with van der Waals surface area (Å²) in [4.78, 5) is 0. The molecule has 336 valence electrons. The van der Waals surface area contributed by atoms with Gasteiger partial charge in [-0.1, -0.05) is 253 Å².